The Morgan fingerprint density at radius 2 is 2.00 bits per heavy atom. The second-order valence-corrected chi connectivity index (χ2v) is 3.35. The van der Waals surface area contributed by atoms with E-state index in [1.165, 1.54) is 0 Å². The summed E-state index contributed by atoms with van der Waals surface area (Å²) in [7, 11) is 0. The maximum atomic E-state index is 10.8. The third-order valence-electron chi connectivity index (χ3n) is 2.44. The molecule has 0 unspecified atom stereocenters. The zero-order valence-corrected chi connectivity index (χ0v) is 8.47. The summed E-state index contributed by atoms with van der Waals surface area (Å²) >= 11 is 0. The number of aromatic nitrogens is 1. The van der Waals surface area contributed by atoms with Crippen molar-refractivity contribution in [3.8, 4) is 11.3 Å². The van der Waals surface area contributed by atoms with E-state index in [0.717, 1.165) is 28.7 Å². The van der Waals surface area contributed by atoms with Crippen molar-refractivity contribution in [3.63, 3.8) is 0 Å². The van der Waals surface area contributed by atoms with Gasteiger partial charge in [0.25, 0.3) is 0 Å². The van der Waals surface area contributed by atoms with E-state index in [2.05, 4.69) is 4.98 Å². The highest BCUT2D eigenvalue weighted by atomic mass is 16.1. The summed E-state index contributed by atoms with van der Waals surface area (Å²) in [5, 5.41) is 0. The van der Waals surface area contributed by atoms with E-state index >= 15 is 0 Å². The molecule has 0 saturated heterocycles. The predicted molar refractivity (Wildman–Crippen MR) is 59.8 cm³/mol. The van der Waals surface area contributed by atoms with Gasteiger partial charge in [0.05, 0.1) is 5.69 Å². The van der Waals surface area contributed by atoms with Gasteiger partial charge in [-0.25, -0.2) is 0 Å². The summed E-state index contributed by atoms with van der Waals surface area (Å²) in [6.07, 6.45) is 2.63. The highest BCUT2D eigenvalue weighted by Crippen LogP contribution is 2.22. The Bertz CT molecular complexity index is 477. The maximum absolute atomic E-state index is 10.8. The van der Waals surface area contributed by atoms with Gasteiger partial charge in [-0.1, -0.05) is 24.3 Å². The predicted octanol–water partition coefficient (Wildman–Crippen LogP) is 2.87. The Labute approximate surface area is 88.6 Å². The van der Waals surface area contributed by atoms with Crippen LogP contribution in [0.5, 0.6) is 0 Å². The molecule has 0 aliphatic rings. The summed E-state index contributed by atoms with van der Waals surface area (Å²) in [5.41, 5.74) is 3.61. The number of pyridine rings is 1. The van der Waals surface area contributed by atoms with Crippen LogP contribution in [0.4, 0.5) is 0 Å². The second kappa shape index (κ2) is 4.05. The Balaban J connectivity index is 2.59. The van der Waals surface area contributed by atoms with Crippen LogP contribution in [-0.2, 0) is 0 Å². The molecule has 2 rings (SSSR count). The lowest BCUT2D eigenvalue weighted by Gasteiger charge is -2.06. The minimum Gasteiger partial charge on any atom is -0.298 e. The summed E-state index contributed by atoms with van der Waals surface area (Å²) in [6.45, 7) is 1.94. The molecule has 0 atom stereocenters. The minimum absolute atomic E-state index is 0.721. The van der Waals surface area contributed by atoms with Crippen molar-refractivity contribution in [2.24, 2.45) is 0 Å². The van der Waals surface area contributed by atoms with E-state index in [0.29, 0.717) is 0 Å². The number of rotatable bonds is 2. The average molecular weight is 197 g/mol. The van der Waals surface area contributed by atoms with Crippen LogP contribution in [0.2, 0.25) is 0 Å². The van der Waals surface area contributed by atoms with E-state index < -0.39 is 0 Å². The summed E-state index contributed by atoms with van der Waals surface area (Å²) in [4.78, 5) is 15.1. The van der Waals surface area contributed by atoms with E-state index in [1.807, 2.05) is 43.3 Å². The van der Waals surface area contributed by atoms with Gasteiger partial charge in [-0.05, 0) is 24.6 Å². The van der Waals surface area contributed by atoms with Crippen LogP contribution in [0.3, 0.4) is 0 Å². The fourth-order valence-corrected chi connectivity index (χ4v) is 1.58. The zero-order chi connectivity index (χ0) is 10.7. The lowest BCUT2D eigenvalue weighted by molar-refractivity contribution is 0.112. The molecule has 0 spiro atoms. The van der Waals surface area contributed by atoms with Gasteiger partial charge in [-0.3, -0.25) is 9.78 Å². The van der Waals surface area contributed by atoms with Crippen molar-refractivity contribution < 1.29 is 4.79 Å². The number of aldehydes is 1. The van der Waals surface area contributed by atoms with Gasteiger partial charge < -0.3 is 0 Å². The molecule has 1 aromatic carbocycles. The lowest BCUT2D eigenvalue weighted by Crippen LogP contribution is -1.91. The van der Waals surface area contributed by atoms with Crippen LogP contribution < -0.4 is 0 Å². The number of hydrogen-bond donors (Lipinski definition) is 0. The monoisotopic (exact) mass is 197 g/mol. The Morgan fingerprint density at radius 3 is 2.67 bits per heavy atom. The first kappa shape index (κ1) is 9.59. The van der Waals surface area contributed by atoms with Crippen molar-refractivity contribution >= 4 is 6.29 Å². The van der Waals surface area contributed by atoms with Crippen LogP contribution in [-0.4, -0.2) is 11.3 Å². The zero-order valence-electron chi connectivity index (χ0n) is 8.47. The highest BCUT2D eigenvalue weighted by molar-refractivity contribution is 5.81. The van der Waals surface area contributed by atoms with Crippen LogP contribution in [0.25, 0.3) is 11.3 Å². The first-order chi connectivity index (χ1) is 7.33. The molecular formula is C13H11NO. The molecule has 0 radical (unpaired) electrons. The third kappa shape index (κ3) is 1.79. The quantitative estimate of drug-likeness (QED) is 0.693. The minimum atomic E-state index is 0.721. The molecule has 1 aromatic heterocycles. The number of carbonyl (C=O) groups is 1. The molecule has 0 saturated carbocycles. The lowest BCUT2D eigenvalue weighted by atomic mass is 10.0. The molecule has 0 fully saturated rings. The van der Waals surface area contributed by atoms with Gasteiger partial charge in [0.2, 0.25) is 0 Å². The Hall–Kier alpha value is -1.96. The molecule has 2 heteroatoms. The standard InChI is InChI=1S/C13H11NO/c1-10-11(9-15)5-4-6-12(10)13-7-2-3-8-14-13/h2-9H,1H3. The van der Waals surface area contributed by atoms with Gasteiger partial charge in [0.15, 0.2) is 0 Å². The van der Waals surface area contributed by atoms with E-state index in [-0.39, 0.29) is 0 Å². The highest BCUT2D eigenvalue weighted by Gasteiger charge is 2.05. The molecule has 2 aromatic rings. The molecule has 0 bridgehead atoms. The van der Waals surface area contributed by atoms with Crippen molar-refractivity contribution in [2.75, 3.05) is 0 Å². The fraction of sp³-hybridized carbons (Fsp3) is 0.0769. The average Bonchev–Trinajstić information content (AvgIpc) is 2.30. The molecule has 0 amide bonds. The van der Waals surface area contributed by atoms with Crippen LogP contribution in [0.15, 0.2) is 42.6 Å². The number of nitrogens with zero attached hydrogens (tertiary/aromatic N) is 1. The van der Waals surface area contributed by atoms with Crippen molar-refractivity contribution in [3.05, 3.63) is 53.7 Å². The molecule has 0 N–H and O–H groups in total. The van der Waals surface area contributed by atoms with Gasteiger partial charge in [0, 0.05) is 17.3 Å². The topological polar surface area (TPSA) is 30.0 Å². The van der Waals surface area contributed by atoms with Gasteiger partial charge in [-0.2, -0.15) is 0 Å². The summed E-state index contributed by atoms with van der Waals surface area (Å²) < 4.78 is 0. The third-order valence-corrected chi connectivity index (χ3v) is 2.44. The second-order valence-electron chi connectivity index (χ2n) is 3.35. The molecule has 2 nitrogen and oxygen atoms in total. The number of benzene rings is 1. The van der Waals surface area contributed by atoms with Crippen molar-refractivity contribution in [2.45, 2.75) is 6.92 Å². The van der Waals surface area contributed by atoms with Crippen molar-refractivity contribution in [1.29, 1.82) is 0 Å². The smallest absolute Gasteiger partial charge is 0.150 e. The van der Waals surface area contributed by atoms with Gasteiger partial charge >= 0.3 is 0 Å². The number of hydrogen-bond acceptors (Lipinski definition) is 2. The molecule has 74 valence electrons. The van der Waals surface area contributed by atoms with Crippen LogP contribution in [0.1, 0.15) is 15.9 Å². The van der Waals surface area contributed by atoms with E-state index in [4.69, 9.17) is 0 Å². The first-order valence-electron chi connectivity index (χ1n) is 4.79. The first-order valence-corrected chi connectivity index (χ1v) is 4.79. The normalized spacial score (nSPS) is 9.93. The molecule has 0 aliphatic heterocycles. The maximum Gasteiger partial charge on any atom is 0.150 e. The number of carbonyl (C=O) groups excluding carboxylic acids is 1. The van der Waals surface area contributed by atoms with E-state index in [1.54, 1.807) is 6.20 Å². The van der Waals surface area contributed by atoms with Crippen LogP contribution >= 0.6 is 0 Å². The van der Waals surface area contributed by atoms with Crippen molar-refractivity contribution in [1.82, 2.24) is 4.98 Å². The van der Waals surface area contributed by atoms with Gasteiger partial charge in [-0.15, -0.1) is 0 Å². The summed E-state index contributed by atoms with van der Waals surface area (Å²) in [6, 6.07) is 11.4. The SMILES string of the molecule is Cc1c(C=O)cccc1-c1ccccn1. The summed E-state index contributed by atoms with van der Waals surface area (Å²) in [5.74, 6) is 0. The fourth-order valence-electron chi connectivity index (χ4n) is 1.58. The molecular weight excluding hydrogens is 186 g/mol. The van der Waals surface area contributed by atoms with Gasteiger partial charge in [0.1, 0.15) is 6.29 Å². The van der Waals surface area contributed by atoms with E-state index in [9.17, 15) is 4.79 Å². The van der Waals surface area contributed by atoms with Crippen LogP contribution in [0, 0.1) is 6.92 Å². The molecule has 15 heavy (non-hydrogen) atoms. The largest absolute Gasteiger partial charge is 0.298 e. The Morgan fingerprint density at radius 1 is 1.13 bits per heavy atom. The molecule has 1 heterocycles. The molecule has 0 aliphatic carbocycles. The Kier molecular flexibility index (Phi) is 2.59.